The quantitative estimate of drug-likeness (QED) is 0.849. The molecule has 2 N–H and O–H groups in total. The molecule has 0 spiro atoms. The van der Waals surface area contributed by atoms with Crippen molar-refractivity contribution in [1.29, 1.82) is 0 Å². The van der Waals surface area contributed by atoms with Gasteiger partial charge in [0.05, 0.1) is 6.04 Å². The molecule has 0 aliphatic carbocycles. The minimum Gasteiger partial charge on any atom is -0.337 e. The molecule has 2 rings (SSSR count). The molecule has 0 saturated heterocycles. The highest BCUT2D eigenvalue weighted by molar-refractivity contribution is 6.30. The summed E-state index contributed by atoms with van der Waals surface area (Å²) in [6, 6.07) is 6.96. The summed E-state index contributed by atoms with van der Waals surface area (Å²) in [5, 5.41) is 4.50. The van der Waals surface area contributed by atoms with Gasteiger partial charge in [-0.05, 0) is 31.2 Å². The monoisotopic (exact) mass is 223 g/mol. The molecular weight excluding hydrogens is 214 g/mol. The Morgan fingerprint density at radius 3 is 2.53 bits per heavy atom. The van der Waals surface area contributed by atoms with Crippen LogP contribution in [0.3, 0.4) is 0 Å². The Morgan fingerprint density at radius 2 is 2.00 bits per heavy atom. The lowest BCUT2D eigenvalue weighted by Crippen LogP contribution is -2.04. The fourth-order valence-corrected chi connectivity index (χ4v) is 1.26. The molecule has 2 aromatic rings. The van der Waals surface area contributed by atoms with E-state index >= 15 is 0 Å². The first-order valence-electron chi connectivity index (χ1n) is 4.52. The Kier molecular flexibility index (Phi) is 2.70. The van der Waals surface area contributed by atoms with Crippen LogP contribution in [0.15, 0.2) is 28.8 Å². The molecule has 0 fully saturated rings. The zero-order valence-corrected chi connectivity index (χ0v) is 8.90. The first-order chi connectivity index (χ1) is 7.16. The van der Waals surface area contributed by atoms with E-state index in [-0.39, 0.29) is 6.04 Å². The maximum Gasteiger partial charge on any atom is 0.243 e. The molecule has 0 aliphatic heterocycles. The van der Waals surface area contributed by atoms with Gasteiger partial charge in [0.1, 0.15) is 0 Å². The molecule has 0 saturated carbocycles. The molecule has 1 aromatic heterocycles. The van der Waals surface area contributed by atoms with Gasteiger partial charge in [-0.25, -0.2) is 0 Å². The van der Waals surface area contributed by atoms with Crippen LogP contribution in [0.4, 0.5) is 0 Å². The number of benzene rings is 1. The lowest BCUT2D eigenvalue weighted by Gasteiger charge is -1.94. The number of aromatic nitrogens is 2. The predicted octanol–water partition coefficient (Wildman–Crippen LogP) is 2.41. The van der Waals surface area contributed by atoms with Crippen LogP contribution in [0.1, 0.15) is 18.9 Å². The number of nitrogens with zero attached hydrogens (tertiary/aromatic N) is 2. The van der Waals surface area contributed by atoms with Crippen molar-refractivity contribution < 1.29 is 4.52 Å². The van der Waals surface area contributed by atoms with Crippen LogP contribution < -0.4 is 5.73 Å². The van der Waals surface area contributed by atoms with Crippen LogP contribution in [0, 0.1) is 0 Å². The highest BCUT2D eigenvalue weighted by Gasteiger charge is 2.11. The van der Waals surface area contributed by atoms with Gasteiger partial charge in [0.25, 0.3) is 0 Å². The van der Waals surface area contributed by atoms with Crippen LogP contribution in [0.25, 0.3) is 11.4 Å². The van der Waals surface area contributed by atoms with E-state index in [0.29, 0.717) is 16.7 Å². The molecule has 1 unspecified atom stereocenters. The Hall–Kier alpha value is -1.39. The van der Waals surface area contributed by atoms with Crippen molar-refractivity contribution in [3.8, 4) is 11.4 Å². The third-order valence-corrected chi connectivity index (χ3v) is 2.19. The number of nitrogens with two attached hydrogens (primary N) is 1. The van der Waals surface area contributed by atoms with Crippen molar-refractivity contribution in [3.05, 3.63) is 35.2 Å². The molecular formula is C10H10ClN3O. The topological polar surface area (TPSA) is 64.9 Å². The maximum atomic E-state index is 5.77. The van der Waals surface area contributed by atoms with Crippen LogP contribution in [-0.4, -0.2) is 10.1 Å². The molecule has 0 bridgehead atoms. The fourth-order valence-electron chi connectivity index (χ4n) is 1.14. The average Bonchev–Trinajstić information content (AvgIpc) is 2.68. The summed E-state index contributed by atoms with van der Waals surface area (Å²) >= 11 is 5.77. The van der Waals surface area contributed by atoms with Crippen LogP contribution >= 0.6 is 11.6 Å². The van der Waals surface area contributed by atoms with Gasteiger partial charge in [0.15, 0.2) is 0 Å². The summed E-state index contributed by atoms with van der Waals surface area (Å²) in [5.41, 5.74) is 6.47. The van der Waals surface area contributed by atoms with Gasteiger partial charge in [0, 0.05) is 10.6 Å². The van der Waals surface area contributed by atoms with Crippen molar-refractivity contribution in [2.45, 2.75) is 13.0 Å². The molecule has 1 heterocycles. The first-order valence-corrected chi connectivity index (χ1v) is 4.90. The lowest BCUT2D eigenvalue weighted by molar-refractivity contribution is 0.362. The number of hydrogen-bond acceptors (Lipinski definition) is 4. The highest BCUT2D eigenvalue weighted by Crippen LogP contribution is 2.19. The minimum absolute atomic E-state index is 0.251. The lowest BCUT2D eigenvalue weighted by atomic mass is 10.2. The second kappa shape index (κ2) is 4.00. The summed E-state index contributed by atoms with van der Waals surface area (Å²) in [5.74, 6) is 0.957. The summed E-state index contributed by atoms with van der Waals surface area (Å²) in [6.45, 7) is 1.79. The highest BCUT2D eigenvalue weighted by atomic mass is 35.5. The molecule has 78 valence electrons. The zero-order chi connectivity index (χ0) is 10.8. The van der Waals surface area contributed by atoms with Crippen molar-refractivity contribution in [2.75, 3.05) is 0 Å². The summed E-state index contributed by atoms with van der Waals surface area (Å²) in [7, 11) is 0. The molecule has 4 nitrogen and oxygen atoms in total. The molecule has 15 heavy (non-hydrogen) atoms. The molecule has 0 aliphatic rings. The van der Waals surface area contributed by atoms with Crippen LogP contribution in [0.5, 0.6) is 0 Å². The largest absolute Gasteiger partial charge is 0.337 e. The van der Waals surface area contributed by atoms with E-state index in [0.717, 1.165) is 5.56 Å². The van der Waals surface area contributed by atoms with Gasteiger partial charge in [-0.3, -0.25) is 0 Å². The van der Waals surface area contributed by atoms with E-state index in [9.17, 15) is 0 Å². The van der Waals surface area contributed by atoms with E-state index in [4.69, 9.17) is 21.9 Å². The van der Waals surface area contributed by atoms with Crippen molar-refractivity contribution in [1.82, 2.24) is 10.1 Å². The molecule has 1 aromatic carbocycles. The maximum absolute atomic E-state index is 5.77. The summed E-state index contributed by atoms with van der Waals surface area (Å²) < 4.78 is 4.99. The number of rotatable bonds is 2. The second-order valence-electron chi connectivity index (χ2n) is 3.25. The fraction of sp³-hybridized carbons (Fsp3) is 0.200. The molecule has 5 heteroatoms. The van der Waals surface area contributed by atoms with Crippen LogP contribution in [-0.2, 0) is 0 Å². The first kappa shape index (κ1) is 10.1. The van der Waals surface area contributed by atoms with E-state index in [1.165, 1.54) is 0 Å². The van der Waals surface area contributed by atoms with Gasteiger partial charge < -0.3 is 10.3 Å². The van der Waals surface area contributed by atoms with Gasteiger partial charge >= 0.3 is 0 Å². The number of hydrogen-bond donors (Lipinski definition) is 1. The van der Waals surface area contributed by atoms with Crippen molar-refractivity contribution >= 4 is 11.6 Å². The van der Waals surface area contributed by atoms with Gasteiger partial charge in [-0.15, -0.1) is 0 Å². The summed E-state index contributed by atoms with van der Waals surface area (Å²) in [6.07, 6.45) is 0. The number of halogens is 1. The molecule has 1 atom stereocenters. The SMILES string of the molecule is CC(N)c1nc(-c2ccc(Cl)cc2)no1. The Morgan fingerprint density at radius 1 is 1.33 bits per heavy atom. The Bertz CT molecular complexity index is 450. The van der Waals surface area contributed by atoms with E-state index < -0.39 is 0 Å². The summed E-state index contributed by atoms with van der Waals surface area (Å²) in [4.78, 5) is 4.16. The third-order valence-electron chi connectivity index (χ3n) is 1.93. The zero-order valence-electron chi connectivity index (χ0n) is 8.14. The van der Waals surface area contributed by atoms with Gasteiger partial charge in [-0.1, -0.05) is 16.8 Å². The van der Waals surface area contributed by atoms with Crippen molar-refractivity contribution in [3.63, 3.8) is 0 Å². The standard InChI is InChI=1S/C10H10ClN3O/c1-6(12)10-13-9(14-15-10)7-2-4-8(11)5-3-7/h2-6H,12H2,1H3. The van der Waals surface area contributed by atoms with Gasteiger partial charge in [0.2, 0.25) is 11.7 Å². The van der Waals surface area contributed by atoms with Crippen molar-refractivity contribution in [2.24, 2.45) is 5.73 Å². The normalized spacial score (nSPS) is 12.7. The second-order valence-corrected chi connectivity index (χ2v) is 3.69. The smallest absolute Gasteiger partial charge is 0.243 e. The minimum atomic E-state index is -0.251. The van der Waals surface area contributed by atoms with E-state index in [2.05, 4.69) is 10.1 Å². The van der Waals surface area contributed by atoms with Crippen LogP contribution in [0.2, 0.25) is 5.02 Å². The Labute approximate surface area is 92.0 Å². The van der Waals surface area contributed by atoms with Gasteiger partial charge in [-0.2, -0.15) is 4.98 Å². The van der Waals surface area contributed by atoms with E-state index in [1.54, 1.807) is 19.1 Å². The molecule has 0 amide bonds. The average molecular weight is 224 g/mol. The molecule has 0 radical (unpaired) electrons. The Balaban J connectivity index is 2.33. The predicted molar refractivity (Wildman–Crippen MR) is 57.3 cm³/mol. The van der Waals surface area contributed by atoms with E-state index in [1.807, 2.05) is 12.1 Å². The third kappa shape index (κ3) is 2.16.